The standard InChI is InChI=1S/C13H10BrClN2O3/c1-3-11(16-7(2)15)17-12(18)9-5-4-8(14)6-10(9)13(19)20/h3-6H,1-2H2,(H,19,20)(H,16,17,18). The minimum atomic E-state index is -1.21. The molecule has 0 bridgehead atoms. The molecule has 1 aromatic rings. The average Bonchev–Trinajstić information content (AvgIpc) is 2.36. The largest absolute Gasteiger partial charge is 0.478 e. The van der Waals surface area contributed by atoms with E-state index >= 15 is 0 Å². The number of carboxylic acid groups (broad SMARTS) is 1. The van der Waals surface area contributed by atoms with E-state index in [1.807, 2.05) is 0 Å². The second-order valence-corrected chi connectivity index (χ2v) is 4.88. The van der Waals surface area contributed by atoms with E-state index in [4.69, 9.17) is 16.7 Å². The Balaban J connectivity index is 3.13. The summed E-state index contributed by atoms with van der Waals surface area (Å²) < 4.78 is 0.554. The highest BCUT2D eigenvalue weighted by Gasteiger charge is 2.17. The molecule has 0 aromatic heterocycles. The van der Waals surface area contributed by atoms with Crippen LogP contribution in [0.4, 0.5) is 0 Å². The first-order valence-corrected chi connectivity index (χ1v) is 6.42. The normalized spacial score (nSPS) is 10.8. The van der Waals surface area contributed by atoms with Crippen LogP contribution in [0.15, 0.2) is 52.1 Å². The van der Waals surface area contributed by atoms with Gasteiger partial charge in [0.1, 0.15) is 11.0 Å². The number of carboxylic acids is 1. The predicted octanol–water partition coefficient (Wildman–Crippen LogP) is 3.17. The lowest BCUT2D eigenvalue weighted by atomic mass is 10.1. The van der Waals surface area contributed by atoms with Crippen LogP contribution in [0.2, 0.25) is 0 Å². The van der Waals surface area contributed by atoms with Crippen molar-refractivity contribution in [2.45, 2.75) is 0 Å². The zero-order valence-electron chi connectivity index (χ0n) is 10.2. The fourth-order valence-corrected chi connectivity index (χ4v) is 1.78. The Hall–Kier alpha value is -1.92. The summed E-state index contributed by atoms with van der Waals surface area (Å²) >= 11 is 8.65. The number of hydrogen-bond donors (Lipinski definition) is 2. The molecular formula is C13H10BrClN2O3. The topological polar surface area (TPSA) is 78.8 Å². The fraction of sp³-hybridized carbons (Fsp3) is 0. The molecule has 0 aliphatic heterocycles. The van der Waals surface area contributed by atoms with Gasteiger partial charge in [-0.1, -0.05) is 40.7 Å². The monoisotopic (exact) mass is 356 g/mol. The number of amides is 1. The average molecular weight is 358 g/mol. The van der Waals surface area contributed by atoms with Crippen molar-refractivity contribution < 1.29 is 14.7 Å². The fourth-order valence-electron chi connectivity index (χ4n) is 1.33. The Bertz CT molecular complexity index is 626. The first-order valence-electron chi connectivity index (χ1n) is 5.25. The van der Waals surface area contributed by atoms with E-state index in [0.717, 1.165) is 0 Å². The van der Waals surface area contributed by atoms with Gasteiger partial charge in [0.05, 0.1) is 11.1 Å². The van der Waals surface area contributed by atoms with Gasteiger partial charge >= 0.3 is 5.97 Å². The highest BCUT2D eigenvalue weighted by Crippen LogP contribution is 2.17. The summed E-state index contributed by atoms with van der Waals surface area (Å²) in [5.41, 5.74) is -0.138. The van der Waals surface area contributed by atoms with Gasteiger partial charge in [-0.3, -0.25) is 4.79 Å². The van der Waals surface area contributed by atoms with Gasteiger partial charge in [0.15, 0.2) is 0 Å². The lowest BCUT2D eigenvalue weighted by Crippen LogP contribution is -2.30. The van der Waals surface area contributed by atoms with Crippen molar-refractivity contribution in [3.8, 4) is 0 Å². The third-order valence-corrected chi connectivity index (χ3v) is 2.71. The number of amidine groups is 1. The van der Waals surface area contributed by atoms with Gasteiger partial charge in [0.2, 0.25) is 0 Å². The number of carbonyl (C=O) groups is 2. The summed E-state index contributed by atoms with van der Waals surface area (Å²) in [6.45, 7) is 6.82. The van der Waals surface area contributed by atoms with Crippen molar-refractivity contribution >= 4 is 45.2 Å². The van der Waals surface area contributed by atoms with Crippen LogP contribution < -0.4 is 5.32 Å². The minimum Gasteiger partial charge on any atom is -0.478 e. The Morgan fingerprint density at radius 2 is 2.05 bits per heavy atom. The van der Waals surface area contributed by atoms with Gasteiger partial charge in [-0.05, 0) is 24.3 Å². The van der Waals surface area contributed by atoms with Crippen LogP contribution in [-0.4, -0.2) is 22.8 Å². The molecule has 0 aliphatic carbocycles. The zero-order valence-corrected chi connectivity index (χ0v) is 12.5. The van der Waals surface area contributed by atoms with Gasteiger partial charge in [0, 0.05) is 4.47 Å². The van der Waals surface area contributed by atoms with E-state index in [9.17, 15) is 9.59 Å². The molecule has 1 aromatic carbocycles. The van der Waals surface area contributed by atoms with Crippen molar-refractivity contribution in [3.05, 3.63) is 58.2 Å². The summed E-state index contributed by atoms with van der Waals surface area (Å²) in [6, 6.07) is 4.29. The van der Waals surface area contributed by atoms with Crippen molar-refractivity contribution in [1.29, 1.82) is 0 Å². The smallest absolute Gasteiger partial charge is 0.336 e. The van der Waals surface area contributed by atoms with Gasteiger partial charge in [-0.25, -0.2) is 9.79 Å². The van der Waals surface area contributed by atoms with Crippen LogP contribution in [0.3, 0.4) is 0 Å². The van der Waals surface area contributed by atoms with E-state index in [1.54, 1.807) is 6.07 Å². The Morgan fingerprint density at radius 3 is 2.55 bits per heavy atom. The van der Waals surface area contributed by atoms with E-state index in [1.165, 1.54) is 18.2 Å². The molecule has 104 valence electrons. The van der Waals surface area contributed by atoms with Crippen LogP contribution in [-0.2, 0) is 0 Å². The number of nitrogens with one attached hydrogen (secondary N) is 1. The summed E-state index contributed by atoms with van der Waals surface area (Å²) in [6.07, 6.45) is 1.27. The third kappa shape index (κ3) is 4.32. The Labute approximate surface area is 128 Å². The van der Waals surface area contributed by atoms with Crippen LogP contribution >= 0.6 is 27.5 Å². The van der Waals surface area contributed by atoms with Crippen LogP contribution in [0, 0.1) is 0 Å². The van der Waals surface area contributed by atoms with Crippen molar-refractivity contribution in [2.24, 2.45) is 4.99 Å². The molecule has 20 heavy (non-hydrogen) atoms. The SMILES string of the molecule is C=C/C(=N\C(=C)Cl)NC(=O)c1ccc(Br)cc1C(=O)O. The molecule has 0 saturated carbocycles. The van der Waals surface area contributed by atoms with Gasteiger partial charge < -0.3 is 10.4 Å². The molecule has 0 aliphatic rings. The Morgan fingerprint density at radius 1 is 1.40 bits per heavy atom. The molecule has 0 radical (unpaired) electrons. The summed E-state index contributed by atoms with van der Waals surface area (Å²) in [4.78, 5) is 26.9. The summed E-state index contributed by atoms with van der Waals surface area (Å²) in [5.74, 6) is -1.77. The first kappa shape index (κ1) is 16.1. The molecule has 0 saturated heterocycles. The van der Waals surface area contributed by atoms with Crippen LogP contribution in [0.25, 0.3) is 0 Å². The molecular weight excluding hydrogens is 348 g/mol. The molecule has 0 fully saturated rings. The number of nitrogens with zero attached hydrogens (tertiary/aromatic N) is 1. The maximum Gasteiger partial charge on any atom is 0.336 e. The molecule has 0 heterocycles. The molecule has 5 nitrogen and oxygen atoms in total. The molecule has 2 N–H and O–H groups in total. The summed E-state index contributed by atoms with van der Waals surface area (Å²) in [7, 11) is 0. The predicted molar refractivity (Wildman–Crippen MR) is 81.2 cm³/mol. The van der Waals surface area contributed by atoms with Gasteiger partial charge in [-0.2, -0.15) is 0 Å². The molecule has 0 atom stereocenters. The molecule has 1 amide bonds. The van der Waals surface area contributed by atoms with Crippen molar-refractivity contribution in [2.75, 3.05) is 0 Å². The number of halogens is 2. The highest BCUT2D eigenvalue weighted by molar-refractivity contribution is 9.10. The lowest BCUT2D eigenvalue weighted by molar-refractivity contribution is 0.0691. The number of hydrogen-bond acceptors (Lipinski definition) is 3. The number of aliphatic imine (C=N–C) groups is 1. The first-order chi connectivity index (χ1) is 9.35. The van der Waals surface area contributed by atoms with Gasteiger partial charge in [-0.15, -0.1) is 0 Å². The van der Waals surface area contributed by atoms with Crippen molar-refractivity contribution in [3.63, 3.8) is 0 Å². The second kappa shape index (κ2) is 7.02. The maximum atomic E-state index is 12.0. The van der Waals surface area contributed by atoms with Crippen LogP contribution in [0.5, 0.6) is 0 Å². The lowest BCUT2D eigenvalue weighted by Gasteiger charge is -2.08. The molecule has 1 rings (SSSR count). The van der Waals surface area contributed by atoms with Crippen LogP contribution in [0.1, 0.15) is 20.7 Å². The second-order valence-electron chi connectivity index (χ2n) is 3.53. The number of carbonyl (C=O) groups excluding carboxylic acids is 1. The van der Waals surface area contributed by atoms with E-state index in [2.05, 4.69) is 39.4 Å². The maximum absolute atomic E-state index is 12.0. The highest BCUT2D eigenvalue weighted by atomic mass is 79.9. The minimum absolute atomic E-state index is 0.00423. The summed E-state index contributed by atoms with van der Waals surface area (Å²) in [5, 5.41) is 11.5. The Kier molecular flexibility index (Phi) is 5.66. The quantitative estimate of drug-likeness (QED) is 0.493. The zero-order chi connectivity index (χ0) is 15.3. The molecule has 0 unspecified atom stereocenters. The van der Waals surface area contributed by atoms with E-state index in [-0.39, 0.29) is 22.1 Å². The van der Waals surface area contributed by atoms with E-state index in [0.29, 0.717) is 4.47 Å². The number of aromatic carboxylic acids is 1. The number of benzene rings is 1. The molecule has 7 heteroatoms. The third-order valence-electron chi connectivity index (χ3n) is 2.13. The van der Waals surface area contributed by atoms with E-state index < -0.39 is 11.9 Å². The number of rotatable bonds is 4. The van der Waals surface area contributed by atoms with Crippen molar-refractivity contribution in [1.82, 2.24) is 5.32 Å². The van der Waals surface area contributed by atoms with Gasteiger partial charge in [0.25, 0.3) is 5.91 Å². The molecule has 0 spiro atoms.